The standard InChI is InChI=1S/C19H15BrClN3O3S/c1-12-2-5-16(23-19(25)13-8-9-22-18(21)10-13)11-17(12)28(26,27)24-15-6-3-14(20)4-7-15/h2-11,24H,1H3,(H,23,25). The molecule has 0 saturated carbocycles. The van der Waals surface area contributed by atoms with Gasteiger partial charge in [-0.25, -0.2) is 13.4 Å². The van der Waals surface area contributed by atoms with E-state index in [1.807, 2.05) is 0 Å². The molecule has 6 nitrogen and oxygen atoms in total. The molecule has 0 spiro atoms. The van der Waals surface area contributed by atoms with Crippen LogP contribution in [0.4, 0.5) is 11.4 Å². The van der Waals surface area contributed by atoms with Crippen LogP contribution < -0.4 is 10.0 Å². The predicted octanol–water partition coefficient (Wildman–Crippen LogP) is 4.86. The van der Waals surface area contributed by atoms with Crippen LogP contribution in [0.5, 0.6) is 0 Å². The summed E-state index contributed by atoms with van der Waals surface area (Å²) in [5.74, 6) is -0.419. The Morgan fingerprint density at radius 2 is 1.71 bits per heavy atom. The quantitative estimate of drug-likeness (QED) is 0.511. The van der Waals surface area contributed by atoms with Crippen LogP contribution in [0.25, 0.3) is 0 Å². The summed E-state index contributed by atoms with van der Waals surface area (Å²) in [5.41, 5.74) is 1.65. The third-order valence-electron chi connectivity index (χ3n) is 3.82. The van der Waals surface area contributed by atoms with Gasteiger partial charge >= 0.3 is 0 Å². The highest BCUT2D eigenvalue weighted by Gasteiger charge is 2.18. The van der Waals surface area contributed by atoms with Crippen molar-refractivity contribution in [3.05, 3.63) is 81.5 Å². The molecular formula is C19H15BrClN3O3S. The van der Waals surface area contributed by atoms with Gasteiger partial charge in [-0.2, -0.15) is 0 Å². The van der Waals surface area contributed by atoms with Crippen molar-refractivity contribution in [1.82, 2.24) is 4.98 Å². The fourth-order valence-corrected chi connectivity index (χ4v) is 4.21. The van der Waals surface area contributed by atoms with Crippen LogP contribution in [0.2, 0.25) is 5.15 Å². The summed E-state index contributed by atoms with van der Waals surface area (Å²) in [7, 11) is -3.83. The van der Waals surface area contributed by atoms with E-state index in [-0.39, 0.29) is 10.0 Å². The Morgan fingerprint density at radius 3 is 2.39 bits per heavy atom. The number of benzene rings is 2. The van der Waals surface area contributed by atoms with Gasteiger partial charge < -0.3 is 5.32 Å². The van der Waals surface area contributed by atoms with E-state index >= 15 is 0 Å². The fraction of sp³-hybridized carbons (Fsp3) is 0.0526. The molecule has 0 aliphatic heterocycles. The maximum atomic E-state index is 12.8. The van der Waals surface area contributed by atoms with Crippen LogP contribution in [-0.4, -0.2) is 19.3 Å². The molecule has 3 aromatic rings. The van der Waals surface area contributed by atoms with E-state index in [9.17, 15) is 13.2 Å². The molecule has 9 heteroatoms. The van der Waals surface area contributed by atoms with Gasteiger partial charge in [0.15, 0.2) is 0 Å². The van der Waals surface area contributed by atoms with E-state index in [1.54, 1.807) is 43.3 Å². The molecule has 0 unspecified atom stereocenters. The summed E-state index contributed by atoms with van der Waals surface area (Å²) in [6.07, 6.45) is 1.42. The Hall–Kier alpha value is -2.42. The third kappa shape index (κ3) is 4.89. The Bertz CT molecular complexity index is 1140. The van der Waals surface area contributed by atoms with Crippen LogP contribution >= 0.6 is 27.5 Å². The number of halogens is 2. The lowest BCUT2D eigenvalue weighted by Crippen LogP contribution is -2.16. The van der Waals surface area contributed by atoms with Crippen molar-refractivity contribution in [2.45, 2.75) is 11.8 Å². The minimum absolute atomic E-state index is 0.0704. The molecule has 28 heavy (non-hydrogen) atoms. The van der Waals surface area contributed by atoms with Gasteiger partial charge in [0.1, 0.15) is 5.15 Å². The van der Waals surface area contributed by atoms with Gasteiger partial charge in [0.2, 0.25) is 0 Å². The van der Waals surface area contributed by atoms with E-state index in [0.717, 1.165) is 4.47 Å². The third-order valence-corrected chi connectivity index (χ3v) is 6.08. The summed E-state index contributed by atoms with van der Waals surface area (Å²) in [6, 6.07) is 14.4. The van der Waals surface area contributed by atoms with Crippen LogP contribution in [0.3, 0.4) is 0 Å². The number of nitrogens with one attached hydrogen (secondary N) is 2. The second-order valence-corrected chi connectivity index (χ2v) is 8.87. The summed E-state index contributed by atoms with van der Waals surface area (Å²) in [4.78, 5) is 16.3. The SMILES string of the molecule is Cc1ccc(NC(=O)c2ccnc(Cl)c2)cc1S(=O)(=O)Nc1ccc(Br)cc1. The molecule has 1 amide bonds. The van der Waals surface area contributed by atoms with Gasteiger partial charge in [0.25, 0.3) is 15.9 Å². The molecule has 144 valence electrons. The van der Waals surface area contributed by atoms with Crippen molar-refractivity contribution in [3.63, 3.8) is 0 Å². The molecule has 0 aliphatic carbocycles. The van der Waals surface area contributed by atoms with E-state index in [2.05, 4.69) is 31.0 Å². The zero-order valence-corrected chi connectivity index (χ0v) is 17.8. The molecule has 0 bridgehead atoms. The van der Waals surface area contributed by atoms with Crippen LogP contribution in [0.1, 0.15) is 15.9 Å². The number of carbonyl (C=O) groups excluding carboxylic acids is 1. The van der Waals surface area contributed by atoms with E-state index < -0.39 is 15.9 Å². The molecule has 2 N–H and O–H groups in total. The Balaban J connectivity index is 1.86. The largest absolute Gasteiger partial charge is 0.322 e. The van der Waals surface area contributed by atoms with Gasteiger partial charge in [-0.15, -0.1) is 0 Å². The summed E-state index contributed by atoms with van der Waals surface area (Å²) in [5, 5.41) is 2.87. The van der Waals surface area contributed by atoms with Gasteiger partial charge in [-0.05, 0) is 61.0 Å². The first-order chi connectivity index (χ1) is 13.2. The van der Waals surface area contributed by atoms with Crippen molar-refractivity contribution in [1.29, 1.82) is 0 Å². The minimum atomic E-state index is -3.83. The number of hydrogen-bond acceptors (Lipinski definition) is 4. The monoisotopic (exact) mass is 479 g/mol. The molecule has 0 atom stereocenters. The number of aromatic nitrogens is 1. The number of rotatable bonds is 5. The highest BCUT2D eigenvalue weighted by atomic mass is 79.9. The first-order valence-corrected chi connectivity index (χ1v) is 10.7. The highest BCUT2D eigenvalue weighted by Crippen LogP contribution is 2.24. The number of nitrogens with zero attached hydrogens (tertiary/aromatic N) is 1. The van der Waals surface area contributed by atoms with Gasteiger partial charge in [0.05, 0.1) is 4.90 Å². The number of amides is 1. The molecule has 0 aliphatic rings. The highest BCUT2D eigenvalue weighted by molar-refractivity contribution is 9.10. The number of anilines is 2. The van der Waals surface area contributed by atoms with Gasteiger partial charge in [-0.3, -0.25) is 9.52 Å². The minimum Gasteiger partial charge on any atom is -0.322 e. The van der Waals surface area contributed by atoms with Crippen molar-refractivity contribution >= 4 is 54.8 Å². The lowest BCUT2D eigenvalue weighted by atomic mass is 10.2. The second kappa shape index (κ2) is 8.30. The van der Waals surface area contributed by atoms with Crippen molar-refractivity contribution in [2.24, 2.45) is 0 Å². The first kappa shape index (κ1) is 20.3. The van der Waals surface area contributed by atoms with Crippen molar-refractivity contribution in [3.8, 4) is 0 Å². The second-order valence-electron chi connectivity index (χ2n) is 5.91. The van der Waals surface area contributed by atoms with Crippen LogP contribution in [-0.2, 0) is 10.0 Å². The molecule has 0 saturated heterocycles. The maximum Gasteiger partial charge on any atom is 0.262 e. The Kier molecular flexibility index (Phi) is 6.02. The predicted molar refractivity (Wildman–Crippen MR) is 113 cm³/mol. The van der Waals surface area contributed by atoms with Crippen LogP contribution in [0.15, 0.2) is 70.2 Å². The summed E-state index contributed by atoms with van der Waals surface area (Å²) in [6.45, 7) is 1.68. The zero-order valence-electron chi connectivity index (χ0n) is 14.6. The smallest absolute Gasteiger partial charge is 0.262 e. The molecule has 2 aromatic carbocycles. The number of pyridine rings is 1. The lowest BCUT2D eigenvalue weighted by Gasteiger charge is -2.13. The summed E-state index contributed by atoms with van der Waals surface area (Å²) < 4.78 is 29.0. The fourth-order valence-electron chi connectivity index (χ4n) is 2.44. The van der Waals surface area contributed by atoms with Gasteiger partial charge in [-0.1, -0.05) is 33.6 Å². The summed E-state index contributed by atoms with van der Waals surface area (Å²) >= 11 is 9.11. The molecule has 1 aromatic heterocycles. The number of aryl methyl sites for hydroxylation is 1. The average molecular weight is 481 g/mol. The Labute approximate surface area is 176 Å². The molecular weight excluding hydrogens is 466 g/mol. The molecule has 3 rings (SSSR count). The lowest BCUT2D eigenvalue weighted by molar-refractivity contribution is 0.102. The van der Waals surface area contributed by atoms with E-state index in [0.29, 0.717) is 22.5 Å². The molecule has 0 radical (unpaired) electrons. The number of sulfonamides is 1. The maximum absolute atomic E-state index is 12.8. The van der Waals surface area contributed by atoms with Crippen molar-refractivity contribution in [2.75, 3.05) is 10.0 Å². The normalized spacial score (nSPS) is 11.1. The average Bonchev–Trinajstić information content (AvgIpc) is 2.65. The van der Waals surface area contributed by atoms with E-state index in [4.69, 9.17) is 11.6 Å². The molecule has 0 fully saturated rings. The number of carbonyl (C=O) groups is 1. The van der Waals surface area contributed by atoms with Crippen molar-refractivity contribution < 1.29 is 13.2 Å². The van der Waals surface area contributed by atoms with Crippen LogP contribution in [0, 0.1) is 6.92 Å². The van der Waals surface area contributed by atoms with E-state index in [1.165, 1.54) is 24.4 Å². The topological polar surface area (TPSA) is 88.2 Å². The first-order valence-electron chi connectivity index (χ1n) is 8.06. The number of hydrogen-bond donors (Lipinski definition) is 2. The van der Waals surface area contributed by atoms with Gasteiger partial charge in [0, 0.05) is 27.6 Å². The zero-order chi connectivity index (χ0) is 20.3. The molecule has 1 heterocycles. The Morgan fingerprint density at radius 1 is 1.04 bits per heavy atom.